The quantitative estimate of drug-likeness (QED) is 0.752. The van der Waals surface area contributed by atoms with Crippen LogP contribution in [0.4, 0.5) is 0 Å². The summed E-state index contributed by atoms with van der Waals surface area (Å²) in [6, 6.07) is 6.22. The predicted octanol–water partition coefficient (Wildman–Crippen LogP) is 3.88. The molecule has 0 atom stereocenters. The molecule has 2 aromatic heterocycles. The van der Waals surface area contributed by atoms with Crippen molar-refractivity contribution < 1.29 is 0 Å². The lowest BCUT2D eigenvalue weighted by Crippen LogP contribution is -1.83. The Morgan fingerprint density at radius 1 is 1.46 bits per heavy atom. The van der Waals surface area contributed by atoms with E-state index in [0.717, 1.165) is 10.2 Å². The van der Waals surface area contributed by atoms with E-state index < -0.39 is 0 Å². The van der Waals surface area contributed by atoms with E-state index in [2.05, 4.69) is 45.4 Å². The number of pyridine rings is 1. The molecule has 0 amide bonds. The van der Waals surface area contributed by atoms with Crippen LogP contribution >= 0.6 is 27.3 Å². The largest absolute Gasteiger partial charge is 0.254 e. The van der Waals surface area contributed by atoms with Crippen molar-refractivity contribution in [3.05, 3.63) is 39.8 Å². The first kappa shape index (κ1) is 8.91. The van der Waals surface area contributed by atoms with Gasteiger partial charge in [-0.2, -0.15) is 0 Å². The molecule has 0 unspecified atom stereocenters. The first-order valence-electron chi connectivity index (χ1n) is 3.93. The third-order valence-corrected chi connectivity index (χ3v) is 3.54. The summed E-state index contributed by atoms with van der Waals surface area (Å²) in [7, 11) is 0. The maximum atomic E-state index is 4.35. The average molecular weight is 254 g/mol. The van der Waals surface area contributed by atoms with Crippen LogP contribution in [0.25, 0.3) is 10.6 Å². The van der Waals surface area contributed by atoms with Gasteiger partial charge in [0.25, 0.3) is 0 Å². The van der Waals surface area contributed by atoms with Crippen LogP contribution in [0.1, 0.15) is 5.56 Å². The second kappa shape index (κ2) is 3.60. The molecule has 0 aliphatic rings. The normalized spacial score (nSPS) is 10.3. The zero-order chi connectivity index (χ0) is 9.26. The van der Waals surface area contributed by atoms with Crippen LogP contribution in [0.3, 0.4) is 0 Å². The van der Waals surface area contributed by atoms with Gasteiger partial charge in [0.15, 0.2) is 0 Å². The predicted molar refractivity (Wildman–Crippen MR) is 60.0 cm³/mol. The van der Waals surface area contributed by atoms with Crippen LogP contribution in [-0.4, -0.2) is 4.98 Å². The lowest BCUT2D eigenvalue weighted by Gasteiger charge is -2.00. The number of thiophene rings is 1. The Balaban J connectivity index is 2.49. The minimum atomic E-state index is 1.05. The molecule has 0 aliphatic carbocycles. The van der Waals surface area contributed by atoms with Crippen molar-refractivity contribution in [1.82, 2.24) is 4.98 Å². The van der Waals surface area contributed by atoms with E-state index in [-0.39, 0.29) is 0 Å². The molecule has 0 saturated heterocycles. The fraction of sp³-hybridized carbons (Fsp3) is 0.100. The van der Waals surface area contributed by atoms with Gasteiger partial charge < -0.3 is 0 Å². The molecule has 66 valence electrons. The van der Waals surface area contributed by atoms with Crippen molar-refractivity contribution in [2.45, 2.75) is 6.92 Å². The molecule has 13 heavy (non-hydrogen) atoms. The van der Waals surface area contributed by atoms with Gasteiger partial charge in [0.2, 0.25) is 0 Å². The highest BCUT2D eigenvalue weighted by molar-refractivity contribution is 9.10. The van der Waals surface area contributed by atoms with Crippen molar-refractivity contribution in [3.63, 3.8) is 0 Å². The van der Waals surface area contributed by atoms with Gasteiger partial charge in [0.1, 0.15) is 0 Å². The minimum absolute atomic E-state index is 1.05. The smallest absolute Gasteiger partial charge is 0.0805 e. The van der Waals surface area contributed by atoms with E-state index in [0.29, 0.717) is 0 Å². The van der Waals surface area contributed by atoms with E-state index in [9.17, 15) is 0 Å². The summed E-state index contributed by atoms with van der Waals surface area (Å²) in [4.78, 5) is 5.56. The second-order valence-corrected chi connectivity index (χ2v) is 4.60. The molecule has 2 heterocycles. The molecular weight excluding hydrogens is 246 g/mol. The maximum absolute atomic E-state index is 4.35. The summed E-state index contributed by atoms with van der Waals surface area (Å²) in [6.07, 6.45) is 1.85. The lowest BCUT2D eigenvalue weighted by molar-refractivity contribution is 1.27. The van der Waals surface area contributed by atoms with Crippen LogP contribution in [0.5, 0.6) is 0 Å². The number of rotatable bonds is 1. The van der Waals surface area contributed by atoms with Gasteiger partial charge >= 0.3 is 0 Å². The fourth-order valence-corrected chi connectivity index (χ4v) is 2.01. The molecule has 1 nitrogen and oxygen atoms in total. The Kier molecular flexibility index (Phi) is 2.47. The van der Waals surface area contributed by atoms with E-state index in [1.807, 2.05) is 12.3 Å². The molecule has 3 heteroatoms. The third kappa shape index (κ3) is 1.81. The van der Waals surface area contributed by atoms with Crippen molar-refractivity contribution in [3.8, 4) is 10.6 Å². The van der Waals surface area contributed by atoms with Gasteiger partial charge in [-0.15, -0.1) is 11.3 Å². The van der Waals surface area contributed by atoms with Gasteiger partial charge in [0, 0.05) is 10.7 Å². The summed E-state index contributed by atoms with van der Waals surface area (Å²) in [5.74, 6) is 0. The van der Waals surface area contributed by atoms with E-state index in [1.54, 1.807) is 11.3 Å². The Morgan fingerprint density at radius 3 is 2.92 bits per heavy atom. The molecule has 2 aromatic rings. The molecule has 0 aromatic carbocycles. The van der Waals surface area contributed by atoms with Crippen molar-refractivity contribution in [2.24, 2.45) is 0 Å². The highest BCUT2D eigenvalue weighted by atomic mass is 79.9. The molecule has 0 bridgehead atoms. The van der Waals surface area contributed by atoms with Crippen LogP contribution in [0, 0.1) is 6.92 Å². The average Bonchev–Trinajstić information content (AvgIpc) is 2.62. The van der Waals surface area contributed by atoms with Gasteiger partial charge in [-0.1, -0.05) is 6.07 Å². The van der Waals surface area contributed by atoms with Crippen LogP contribution in [-0.2, 0) is 0 Å². The minimum Gasteiger partial charge on any atom is -0.254 e. The molecule has 0 N–H and O–H groups in total. The van der Waals surface area contributed by atoms with Crippen LogP contribution in [0.2, 0.25) is 0 Å². The number of nitrogens with zero attached hydrogens (tertiary/aromatic N) is 1. The van der Waals surface area contributed by atoms with Crippen LogP contribution < -0.4 is 0 Å². The standard InChI is InChI=1S/C10H8BrNS/c1-7-5-9(12-6-8(7)11)10-3-2-4-13-10/h2-6H,1H3. The highest BCUT2D eigenvalue weighted by Gasteiger charge is 2.01. The molecule has 0 spiro atoms. The summed E-state index contributed by atoms with van der Waals surface area (Å²) in [5.41, 5.74) is 2.27. The summed E-state index contributed by atoms with van der Waals surface area (Å²) in [6.45, 7) is 2.07. The summed E-state index contributed by atoms with van der Waals surface area (Å²) < 4.78 is 1.06. The molecule has 0 radical (unpaired) electrons. The monoisotopic (exact) mass is 253 g/mol. The molecule has 2 rings (SSSR count). The first-order chi connectivity index (χ1) is 6.27. The third-order valence-electron chi connectivity index (χ3n) is 1.82. The van der Waals surface area contributed by atoms with Crippen molar-refractivity contribution in [2.75, 3.05) is 0 Å². The van der Waals surface area contributed by atoms with E-state index in [1.165, 1.54) is 10.4 Å². The summed E-state index contributed by atoms with van der Waals surface area (Å²) >= 11 is 5.15. The zero-order valence-corrected chi connectivity index (χ0v) is 9.52. The Labute approximate surface area is 89.6 Å². The Morgan fingerprint density at radius 2 is 2.31 bits per heavy atom. The number of aromatic nitrogens is 1. The fourth-order valence-electron chi connectivity index (χ4n) is 1.10. The molecule has 0 saturated carbocycles. The second-order valence-electron chi connectivity index (χ2n) is 2.80. The van der Waals surface area contributed by atoms with Gasteiger partial charge in [-0.3, -0.25) is 4.98 Å². The molecular formula is C10H8BrNS. The van der Waals surface area contributed by atoms with Gasteiger partial charge in [0.05, 0.1) is 10.6 Å². The van der Waals surface area contributed by atoms with Crippen LogP contribution in [0.15, 0.2) is 34.2 Å². The molecule has 0 aliphatic heterocycles. The maximum Gasteiger partial charge on any atom is 0.0805 e. The highest BCUT2D eigenvalue weighted by Crippen LogP contribution is 2.25. The SMILES string of the molecule is Cc1cc(-c2cccs2)ncc1Br. The van der Waals surface area contributed by atoms with Crippen molar-refractivity contribution >= 4 is 27.3 Å². The van der Waals surface area contributed by atoms with Crippen molar-refractivity contribution in [1.29, 1.82) is 0 Å². The van der Waals surface area contributed by atoms with E-state index in [4.69, 9.17) is 0 Å². The first-order valence-corrected chi connectivity index (χ1v) is 5.60. The number of aryl methyl sites for hydroxylation is 1. The topological polar surface area (TPSA) is 12.9 Å². The van der Waals surface area contributed by atoms with E-state index >= 15 is 0 Å². The number of hydrogen-bond donors (Lipinski definition) is 0. The van der Waals surface area contributed by atoms with Gasteiger partial charge in [-0.05, 0) is 45.9 Å². The Bertz CT molecular complexity index is 409. The number of halogens is 1. The lowest BCUT2D eigenvalue weighted by atomic mass is 10.2. The number of hydrogen-bond acceptors (Lipinski definition) is 2. The Hall–Kier alpha value is -0.670. The summed E-state index contributed by atoms with van der Waals surface area (Å²) in [5, 5.41) is 2.06. The van der Waals surface area contributed by atoms with Gasteiger partial charge in [-0.25, -0.2) is 0 Å². The zero-order valence-electron chi connectivity index (χ0n) is 7.12. The molecule has 0 fully saturated rings.